The minimum Gasteiger partial charge on any atom is -0.258 e. The molecule has 0 aromatic carbocycles. The summed E-state index contributed by atoms with van der Waals surface area (Å²) in [6.45, 7) is 2.12. The van der Waals surface area contributed by atoms with Gasteiger partial charge in [0.2, 0.25) is 0 Å². The van der Waals surface area contributed by atoms with Crippen LogP contribution in [0, 0.1) is 0 Å². The summed E-state index contributed by atoms with van der Waals surface area (Å²) in [5, 5.41) is 2.11. The number of aryl methyl sites for hydroxylation is 1. The fourth-order valence-corrected chi connectivity index (χ4v) is 1.27. The van der Waals surface area contributed by atoms with E-state index < -0.39 is 0 Å². The van der Waals surface area contributed by atoms with E-state index in [0.717, 1.165) is 6.42 Å². The second kappa shape index (κ2) is 2.31. The van der Waals surface area contributed by atoms with Gasteiger partial charge in [0.15, 0.2) is 7.85 Å². The highest BCUT2D eigenvalue weighted by atomic mass is 32.1. The molecule has 0 unspecified atom stereocenters. The van der Waals surface area contributed by atoms with Crippen LogP contribution < -0.4 is 4.91 Å². The summed E-state index contributed by atoms with van der Waals surface area (Å²) >= 11 is 1.72. The van der Waals surface area contributed by atoms with E-state index in [2.05, 4.69) is 17.3 Å². The maximum absolute atomic E-state index is 4.25. The smallest absolute Gasteiger partial charge is 0.177 e. The molecule has 1 nitrogen and oxygen atoms in total. The second-order valence-electron chi connectivity index (χ2n) is 1.71. The van der Waals surface area contributed by atoms with Gasteiger partial charge >= 0.3 is 0 Å². The Morgan fingerprint density at radius 1 is 1.88 bits per heavy atom. The zero-order valence-corrected chi connectivity index (χ0v) is 5.96. The Hall–Kier alpha value is -0.305. The molecule has 0 spiro atoms. The zero-order chi connectivity index (χ0) is 5.98. The van der Waals surface area contributed by atoms with Gasteiger partial charge in [-0.3, -0.25) is 4.98 Å². The Labute approximate surface area is 54.2 Å². The van der Waals surface area contributed by atoms with Gasteiger partial charge in [0.1, 0.15) is 0 Å². The van der Waals surface area contributed by atoms with E-state index in [1.165, 1.54) is 10.6 Å². The van der Waals surface area contributed by atoms with Gasteiger partial charge in [0.05, 0.1) is 5.69 Å². The van der Waals surface area contributed by atoms with Crippen molar-refractivity contribution in [3.05, 3.63) is 11.1 Å². The molecule has 0 saturated carbocycles. The van der Waals surface area contributed by atoms with E-state index in [4.69, 9.17) is 0 Å². The summed E-state index contributed by atoms with van der Waals surface area (Å²) in [7, 11) is 2.03. The molecule has 1 aromatic rings. The van der Waals surface area contributed by atoms with Crippen molar-refractivity contribution in [2.75, 3.05) is 0 Å². The molecule has 0 amide bonds. The fraction of sp³-hybridized carbons (Fsp3) is 0.400. The van der Waals surface area contributed by atoms with E-state index in [-0.39, 0.29) is 0 Å². The highest BCUT2D eigenvalue weighted by Gasteiger charge is 1.91. The van der Waals surface area contributed by atoms with Crippen LogP contribution in [0.2, 0.25) is 0 Å². The molecule has 1 aromatic heterocycles. The van der Waals surface area contributed by atoms with E-state index >= 15 is 0 Å². The third-order valence-corrected chi connectivity index (χ3v) is 1.85. The van der Waals surface area contributed by atoms with Gasteiger partial charge in [-0.25, -0.2) is 0 Å². The maximum Gasteiger partial charge on any atom is 0.177 e. The quantitative estimate of drug-likeness (QED) is 0.480. The largest absolute Gasteiger partial charge is 0.258 e. The number of hydrogen-bond donors (Lipinski definition) is 0. The van der Waals surface area contributed by atoms with Crippen LogP contribution in [0.1, 0.15) is 12.6 Å². The molecule has 1 rings (SSSR count). The van der Waals surface area contributed by atoms with E-state index in [1.807, 2.05) is 7.85 Å². The van der Waals surface area contributed by atoms with Crippen LogP contribution >= 0.6 is 11.3 Å². The van der Waals surface area contributed by atoms with Gasteiger partial charge in [-0.05, 0) is 6.42 Å². The topological polar surface area (TPSA) is 12.9 Å². The van der Waals surface area contributed by atoms with Crippen LogP contribution in [0.15, 0.2) is 5.38 Å². The molecule has 0 atom stereocenters. The van der Waals surface area contributed by atoms with Gasteiger partial charge in [-0.1, -0.05) is 6.92 Å². The summed E-state index contributed by atoms with van der Waals surface area (Å²) in [6, 6.07) is 0. The summed E-state index contributed by atoms with van der Waals surface area (Å²) in [5.41, 5.74) is 1.22. The molecule has 1 heterocycles. The summed E-state index contributed by atoms with van der Waals surface area (Å²) < 4.78 is 0. The average Bonchev–Trinajstić information content (AvgIpc) is 2.14. The molecular formula is C5H8BNS. The third kappa shape index (κ3) is 1.10. The first-order chi connectivity index (χ1) is 3.83. The Balaban J connectivity index is 2.84. The van der Waals surface area contributed by atoms with Gasteiger partial charge < -0.3 is 0 Å². The molecule has 3 heteroatoms. The molecule has 0 N–H and O–H groups in total. The highest BCUT2D eigenvalue weighted by Crippen LogP contribution is 1.96. The lowest BCUT2D eigenvalue weighted by Gasteiger charge is -1.79. The van der Waals surface area contributed by atoms with Crippen LogP contribution in [-0.4, -0.2) is 12.8 Å². The van der Waals surface area contributed by atoms with Crippen LogP contribution in [0.25, 0.3) is 0 Å². The van der Waals surface area contributed by atoms with Gasteiger partial charge in [0, 0.05) is 10.3 Å². The minimum atomic E-state index is 1.06. The minimum absolute atomic E-state index is 1.06. The van der Waals surface area contributed by atoms with Crippen molar-refractivity contribution in [3.8, 4) is 0 Å². The van der Waals surface area contributed by atoms with Crippen molar-refractivity contribution in [2.45, 2.75) is 13.3 Å². The average molecular weight is 125 g/mol. The zero-order valence-electron chi connectivity index (χ0n) is 5.14. The van der Waals surface area contributed by atoms with Crippen LogP contribution in [0.4, 0.5) is 0 Å². The summed E-state index contributed by atoms with van der Waals surface area (Å²) in [6.07, 6.45) is 1.06. The molecule has 0 radical (unpaired) electrons. The van der Waals surface area contributed by atoms with E-state index in [9.17, 15) is 0 Å². The number of hydrogen-bond acceptors (Lipinski definition) is 2. The predicted octanol–water partition coefficient (Wildman–Crippen LogP) is -0.0361. The van der Waals surface area contributed by atoms with Gasteiger partial charge in [-0.15, -0.1) is 11.3 Å². The van der Waals surface area contributed by atoms with Crippen molar-refractivity contribution in [1.82, 2.24) is 4.98 Å². The first-order valence-corrected chi connectivity index (χ1v) is 3.62. The SMILES string of the molecule is Bc1nc(CC)cs1. The molecule has 0 saturated heterocycles. The second-order valence-corrected chi connectivity index (χ2v) is 2.77. The summed E-state index contributed by atoms with van der Waals surface area (Å²) in [4.78, 5) is 5.42. The van der Waals surface area contributed by atoms with E-state index in [1.54, 1.807) is 11.3 Å². The summed E-state index contributed by atoms with van der Waals surface area (Å²) in [5.74, 6) is 0. The predicted molar refractivity (Wildman–Crippen MR) is 39.7 cm³/mol. The van der Waals surface area contributed by atoms with Crippen LogP contribution in [0.3, 0.4) is 0 Å². The van der Waals surface area contributed by atoms with E-state index in [0.29, 0.717) is 0 Å². The number of nitrogens with zero attached hydrogens (tertiary/aromatic N) is 1. The van der Waals surface area contributed by atoms with Crippen molar-refractivity contribution in [1.29, 1.82) is 0 Å². The Kier molecular flexibility index (Phi) is 1.68. The monoisotopic (exact) mass is 125 g/mol. The van der Waals surface area contributed by atoms with Crippen LogP contribution in [-0.2, 0) is 6.42 Å². The molecule has 8 heavy (non-hydrogen) atoms. The number of aromatic nitrogens is 1. The molecule has 0 fully saturated rings. The lowest BCUT2D eigenvalue weighted by atomic mass is 10.2. The maximum atomic E-state index is 4.25. The van der Waals surface area contributed by atoms with Crippen molar-refractivity contribution < 1.29 is 0 Å². The fourth-order valence-electron chi connectivity index (χ4n) is 0.571. The normalized spacial score (nSPS) is 9.62. The van der Waals surface area contributed by atoms with Crippen molar-refractivity contribution in [3.63, 3.8) is 0 Å². The lowest BCUT2D eigenvalue weighted by molar-refractivity contribution is 1.07. The third-order valence-electron chi connectivity index (χ3n) is 1.03. The Morgan fingerprint density at radius 2 is 2.62 bits per heavy atom. The molecule has 0 aliphatic carbocycles. The first-order valence-electron chi connectivity index (χ1n) is 2.74. The first kappa shape index (κ1) is 5.82. The molecular weight excluding hydrogens is 117 g/mol. The van der Waals surface area contributed by atoms with Gasteiger partial charge in [-0.2, -0.15) is 0 Å². The van der Waals surface area contributed by atoms with Crippen molar-refractivity contribution in [2.24, 2.45) is 0 Å². The lowest BCUT2D eigenvalue weighted by Crippen LogP contribution is -1.98. The molecule has 42 valence electrons. The molecule has 0 bridgehead atoms. The number of thiazole rings is 1. The molecule has 0 aliphatic rings. The molecule has 0 aliphatic heterocycles. The standard InChI is InChI=1S/C5H8BNS/c1-2-4-3-8-5(6)7-4/h3H,2,6H2,1H3. The van der Waals surface area contributed by atoms with Crippen molar-refractivity contribution >= 4 is 24.1 Å². The number of rotatable bonds is 1. The van der Waals surface area contributed by atoms with Crippen LogP contribution in [0.5, 0.6) is 0 Å². The highest BCUT2D eigenvalue weighted by molar-refractivity contribution is 7.17. The Bertz CT molecular complexity index is 173. The van der Waals surface area contributed by atoms with Gasteiger partial charge in [0.25, 0.3) is 0 Å². The Morgan fingerprint density at radius 3 is 2.88 bits per heavy atom.